The SMILES string of the molecule is Cc1cc(Br)cc(CO)c1OCC(O)CO. The zero-order valence-electron chi connectivity index (χ0n) is 8.98. The molecule has 0 bridgehead atoms. The van der Waals surface area contributed by atoms with Gasteiger partial charge in [-0.05, 0) is 24.6 Å². The molecule has 1 atom stereocenters. The van der Waals surface area contributed by atoms with Gasteiger partial charge >= 0.3 is 0 Å². The largest absolute Gasteiger partial charge is 0.490 e. The van der Waals surface area contributed by atoms with Crippen LogP contribution >= 0.6 is 15.9 Å². The molecule has 90 valence electrons. The summed E-state index contributed by atoms with van der Waals surface area (Å²) in [5.74, 6) is 0.554. The minimum absolute atomic E-state index is 0.00592. The third-order valence-corrected chi connectivity index (χ3v) is 2.58. The van der Waals surface area contributed by atoms with Gasteiger partial charge in [-0.15, -0.1) is 0 Å². The number of rotatable bonds is 5. The lowest BCUT2D eigenvalue weighted by atomic mass is 10.1. The molecule has 0 spiro atoms. The summed E-state index contributed by atoms with van der Waals surface area (Å²) in [6.45, 7) is 1.38. The van der Waals surface area contributed by atoms with E-state index in [-0.39, 0.29) is 19.8 Å². The molecular weight excluding hydrogens is 276 g/mol. The van der Waals surface area contributed by atoms with Gasteiger partial charge < -0.3 is 20.1 Å². The Labute approximate surface area is 103 Å². The minimum Gasteiger partial charge on any atom is -0.490 e. The average Bonchev–Trinajstić information content (AvgIpc) is 2.26. The maximum Gasteiger partial charge on any atom is 0.127 e. The van der Waals surface area contributed by atoms with Crippen LogP contribution in [0.15, 0.2) is 16.6 Å². The normalized spacial score (nSPS) is 12.6. The minimum atomic E-state index is -0.908. The van der Waals surface area contributed by atoms with Crippen molar-refractivity contribution < 1.29 is 20.1 Å². The Hall–Kier alpha value is -0.620. The number of aliphatic hydroxyl groups excluding tert-OH is 3. The molecule has 0 aliphatic rings. The molecule has 0 saturated carbocycles. The Morgan fingerprint density at radius 3 is 2.62 bits per heavy atom. The molecular formula is C11H15BrO4. The number of benzene rings is 1. The smallest absolute Gasteiger partial charge is 0.127 e. The molecule has 0 radical (unpaired) electrons. The van der Waals surface area contributed by atoms with Crippen LogP contribution in [0.3, 0.4) is 0 Å². The molecule has 1 unspecified atom stereocenters. The van der Waals surface area contributed by atoms with E-state index in [2.05, 4.69) is 15.9 Å². The maximum absolute atomic E-state index is 9.18. The molecule has 1 aromatic rings. The lowest BCUT2D eigenvalue weighted by Crippen LogP contribution is -2.22. The van der Waals surface area contributed by atoms with Crippen molar-refractivity contribution in [2.45, 2.75) is 19.6 Å². The first-order chi connectivity index (χ1) is 7.58. The summed E-state index contributed by atoms with van der Waals surface area (Å²) in [6.07, 6.45) is -0.908. The van der Waals surface area contributed by atoms with Gasteiger partial charge in [-0.25, -0.2) is 0 Å². The fourth-order valence-corrected chi connectivity index (χ4v) is 1.98. The van der Waals surface area contributed by atoms with Crippen LogP contribution in [0.5, 0.6) is 5.75 Å². The van der Waals surface area contributed by atoms with Gasteiger partial charge in [0.25, 0.3) is 0 Å². The van der Waals surface area contributed by atoms with Gasteiger partial charge in [-0.1, -0.05) is 15.9 Å². The highest BCUT2D eigenvalue weighted by Gasteiger charge is 2.10. The Bertz CT molecular complexity index is 354. The average molecular weight is 291 g/mol. The van der Waals surface area contributed by atoms with Crippen LogP contribution in [0.4, 0.5) is 0 Å². The maximum atomic E-state index is 9.18. The Morgan fingerprint density at radius 1 is 1.38 bits per heavy atom. The van der Waals surface area contributed by atoms with Gasteiger partial charge in [0, 0.05) is 10.0 Å². The summed E-state index contributed by atoms with van der Waals surface area (Å²) >= 11 is 3.33. The number of hydrogen-bond acceptors (Lipinski definition) is 4. The van der Waals surface area contributed by atoms with Crippen LogP contribution in [-0.2, 0) is 6.61 Å². The van der Waals surface area contributed by atoms with Crippen molar-refractivity contribution >= 4 is 15.9 Å². The fraction of sp³-hybridized carbons (Fsp3) is 0.455. The van der Waals surface area contributed by atoms with E-state index in [1.54, 1.807) is 6.07 Å². The van der Waals surface area contributed by atoms with Crippen LogP contribution in [0.2, 0.25) is 0 Å². The number of ether oxygens (including phenoxy) is 1. The quantitative estimate of drug-likeness (QED) is 0.756. The van der Waals surface area contributed by atoms with E-state index in [4.69, 9.17) is 9.84 Å². The second-order valence-corrected chi connectivity index (χ2v) is 4.43. The molecule has 0 aromatic heterocycles. The monoisotopic (exact) mass is 290 g/mol. The highest BCUT2D eigenvalue weighted by atomic mass is 79.9. The molecule has 0 fully saturated rings. The second-order valence-electron chi connectivity index (χ2n) is 3.52. The van der Waals surface area contributed by atoms with Gasteiger partial charge in [-0.2, -0.15) is 0 Å². The number of halogens is 1. The lowest BCUT2D eigenvalue weighted by molar-refractivity contribution is 0.0526. The summed E-state index contributed by atoms with van der Waals surface area (Å²) in [4.78, 5) is 0. The van der Waals surface area contributed by atoms with E-state index in [1.807, 2.05) is 13.0 Å². The lowest BCUT2D eigenvalue weighted by Gasteiger charge is -2.15. The van der Waals surface area contributed by atoms with Crippen LogP contribution in [0, 0.1) is 6.92 Å². The summed E-state index contributed by atoms with van der Waals surface area (Å²) in [6, 6.07) is 3.62. The van der Waals surface area contributed by atoms with E-state index >= 15 is 0 Å². The third kappa shape index (κ3) is 3.45. The predicted molar refractivity (Wildman–Crippen MR) is 63.4 cm³/mol. The van der Waals surface area contributed by atoms with E-state index in [0.29, 0.717) is 11.3 Å². The zero-order valence-corrected chi connectivity index (χ0v) is 10.6. The molecule has 3 N–H and O–H groups in total. The van der Waals surface area contributed by atoms with Gasteiger partial charge in [0.2, 0.25) is 0 Å². The number of aryl methyl sites for hydroxylation is 1. The van der Waals surface area contributed by atoms with Crippen molar-refractivity contribution in [2.75, 3.05) is 13.2 Å². The third-order valence-electron chi connectivity index (χ3n) is 2.12. The topological polar surface area (TPSA) is 69.9 Å². The molecule has 16 heavy (non-hydrogen) atoms. The van der Waals surface area contributed by atoms with Gasteiger partial charge in [0.15, 0.2) is 0 Å². The summed E-state index contributed by atoms with van der Waals surface area (Å²) in [5.41, 5.74) is 1.51. The number of aliphatic hydroxyl groups is 3. The van der Waals surface area contributed by atoms with Crippen LogP contribution in [0.1, 0.15) is 11.1 Å². The van der Waals surface area contributed by atoms with Crippen LogP contribution < -0.4 is 4.74 Å². The Morgan fingerprint density at radius 2 is 2.06 bits per heavy atom. The highest BCUT2D eigenvalue weighted by molar-refractivity contribution is 9.10. The van der Waals surface area contributed by atoms with Crippen molar-refractivity contribution in [3.8, 4) is 5.75 Å². The molecule has 0 saturated heterocycles. The second kappa shape index (κ2) is 6.20. The zero-order chi connectivity index (χ0) is 12.1. The summed E-state index contributed by atoms with van der Waals surface area (Å²) in [5, 5.41) is 27.0. The molecule has 4 nitrogen and oxygen atoms in total. The molecule has 0 heterocycles. The van der Waals surface area contributed by atoms with Crippen molar-refractivity contribution in [1.29, 1.82) is 0 Å². The first-order valence-corrected chi connectivity index (χ1v) is 5.69. The first kappa shape index (κ1) is 13.4. The van der Waals surface area contributed by atoms with Gasteiger partial charge in [0.05, 0.1) is 13.2 Å². The number of hydrogen-bond donors (Lipinski definition) is 3. The Kier molecular flexibility index (Phi) is 5.21. The van der Waals surface area contributed by atoms with E-state index in [9.17, 15) is 10.2 Å². The first-order valence-electron chi connectivity index (χ1n) is 4.90. The van der Waals surface area contributed by atoms with Crippen LogP contribution in [0.25, 0.3) is 0 Å². The van der Waals surface area contributed by atoms with Crippen molar-refractivity contribution in [3.05, 3.63) is 27.7 Å². The molecule has 0 amide bonds. The fourth-order valence-electron chi connectivity index (χ4n) is 1.36. The van der Waals surface area contributed by atoms with E-state index in [0.717, 1.165) is 10.0 Å². The van der Waals surface area contributed by atoms with Crippen LogP contribution in [-0.4, -0.2) is 34.6 Å². The van der Waals surface area contributed by atoms with Crippen molar-refractivity contribution in [3.63, 3.8) is 0 Å². The molecule has 1 aromatic carbocycles. The molecule has 0 aliphatic carbocycles. The highest BCUT2D eigenvalue weighted by Crippen LogP contribution is 2.28. The van der Waals surface area contributed by atoms with Gasteiger partial charge in [0.1, 0.15) is 18.5 Å². The standard InChI is InChI=1S/C11H15BrO4/c1-7-2-9(12)3-8(4-13)11(7)16-6-10(15)5-14/h2-3,10,13-15H,4-6H2,1H3. The van der Waals surface area contributed by atoms with Crippen molar-refractivity contribution in [2.24, 2.45) is 0 Å². The molecule has 0 aliphatic heterocycles. The molecule has 5 heteroatoms. The Balaban J connectivity index is 2.85. The summed E-state index contributed by atoms with van der Waals surface area (Å²) in [7, 11) is 0. The predicted octanol–water partition coefficient (Wildman–Crippen LogP) is 0.982. The van der Waals surface area contributed by atoms with Crippen molar-refractivity contribution in [1.82, 2.24) is 0 Å². The molecule has 1 rings (SSSR count). The van der Waals surface area contributed by atoms with E-state index in [1.165, 1.54) is 0 Å². The summed E-state index contributed by atoms with van der Waals surface area (Å²) < 4.78 is 6.24. The van der Waals surface area contributed by atoms with Gasteiger partial charge in [-0.3, -0.25) is 0 Å². The van der Waals surface area contributed by atoms with E-state index < -0.39 is 6.10 Å².